The highest BCUT2D eigenvalue weighted by Gasteiger charge is 2.20. The van der Waals surface area contributed by atoms with Crippen LogP contribution in [-0.2, 0) is 0 Å². The SMILES string of the molecule is CCNC(c1cc(C)c(F)cc1Cl)c1sccc1C. The van der Waals surface area contributed by atoms with Crippen molar-refractivity contribution < 1.29 is 4.39 Å². The number of nitrogens with one attached hydrogen (secondary N) is 1. The largest absolute Gasteiger partial charge is 0.306 e. The number of hydrogen-bond donors (Lipinski definition) is 1. The summed E-state index contributed by atoms with van der Waals surface area (Å²) in [6.07, 6.45) is 0. The molecule has 0 aliphatic carbocycles. The summed E-state index contributed by atoms with van der Waals surface area (Å²) in [6.45, 7) is 6.73. The van der Waals surface area contributed by atoms with Crippen LogP contribution < -0.4 is 5.32 Å². The Bertz CT molecular complexity index is 580. The van der Waals surface area contributed by atoms with Gasteiger partial charge in [0.2, 0.25) is 0 Å². The fraction of sp³-hybridized carbons (Fsp3) is 0.333. The van der Waals surface area contributed by atoms with Crippen LogP contribution in [0.4, 0.5) is 4.39 Å². The van der Waals surface area contributed by atoms with Crippen molar-refractivity contribution in [3.05, 3.63) is 56.0 Å². The van der Waals surface area contributed by atoms with Crippen LogP contribution in [-0.4, -0.2) is 6.54 Å². The van der Waals surface area contributed by atoms with Gasteiger partial charge in [-0.25, -0.2) is 4.39 Å². The number of rotatable bonds is 4. The molecular weight excluding hydrogens is 281 g/mol. The van der Waals surface area contributed by atoms with Crippen LogP contribution in [0.3, 0.4) is 0 Å². The molecule has 0 fully saturated rings. The zero-order valence-electron chi connectivity index (χ0n) is 11.3. The molecule has 0 aliphatic heterocycles. The minimum absolute atomic E-state index is 0.0248. The third-order valence-electron chi connectivity index (χ3n) is 3.16. The lowest BCUT2D eigenvalue weighted by atomic mass is 10.0. The van der Waals surface area contributed by atoms with Gasteiger partial charge in [-0.15, -0.1) is 11.3 Å². The first-order valence-corrected chi connectivity index (χ1v) is 7.53. The molecule has 1 aromatic heterocycles. The molecule has 1 atom stereocenters. The van der Waals surface area contributed by atoms with E-state index in [9.17, 15) is 4.39 Å². The Hall–Kier alpha value is -0.900. The van der Waals surface area contributed by atoms with Crippen molar-refractivity contribution in [1.82, 2.24) is 5.32 Å². The van der Waals surface area contributed by atoms with Gasteiger partial charge < -0.3 is 5.32 Å². The van der Waals surface area contributed by atoms with Crippen LogP contribution in [0.15, 0.2) is 23.6 Å². The van der Waals surface area contributed by atoms with Crippen molar-refractivity contribution in [1.29, 1.82) is 0 Å². The van der Waals surface area contributed by atoms with Crippen LogP contribution in [0, 0.1) is 19.7 Å². The Morgan fingerprint density at radius 2 is 2.05 bits per heavy atom. The highest BCUT2D eigenvalue weighted by Crippen LogP contribution is 2.34. The molecule has 1 aromatic carbocycles. The minimum atomic E-state index is -0.257. The molecule has 1 nitrogen and oxygen atoms in total. The highest BCUT2D eigenvalue weighted by atomic mass is 35.5. The molecule has 2 rings (SSSR count). The Balaban J connectivity index is 2.51. The molecule has 4 heteroatoms. The summed E-state index contributed by atoms with van der Waals surface area (Å²) in [5, 5.41) is 5.98. The molecular formula is C15H17ClFNS. The number of benzene rings is 1. The Kier molecular flexibility index (Phi) is 4.61. The van der Waals surface area contributed by atoms with E-state index in [1.807, 2.05) is 6.07 Å². The molecule has 0 aliphatic rings. The summed E-state index contributed by atoms with van der Waals surface area (Å²) < 4.78 is 13.5. The second-order valence-electron chi connectivity index (χ2n) is 4.58. The molecule has 0 saturated heterocycles. The molecule has 0 bridgehead atoms. The number of halogens is 2. The van der Waals surface area contributed by atoms with Gasteiger partial charge in [0.1, 0.15) is 5.82 Å². The van der Waals surface area contributed by atoms with Crippen LogP contribution in [0.5, 0.6) is 0 Å². The lowest BCUT2D eigenvalue weighted by molar-refractivity contribution is 0.608. The normalized spacial score (nSPS) is 12.7. The van der Waals surface area contributed by atoms with Crippen LogP contribution in [0.25, 0.3) is 0 Å². The molecule has 0 radical (unpaired) electrons. The molecule has 2 aromatic rings. The molecule has 102 valence electrons. The van der Waals surface area contributed by atoms with Gasteiger partial charge in [-0.3, -0.25) is 0 Å². The maximum absolute atomic E-state index is 13.5. The molecule has 0 saturated carbocycles. The van der Waals surface area contributed by atoms with Gasteiger partial charge in [0.05, 0.1) is 6.04 Å². The Morgan fingerprint density at radius 1 is 1.32 bits per heavy atom. The fourth-order valence-electron chi connectivity index (χ4n) is 2.13. The van der Waals surface area contributed by atoms with Gasteiger partial charge in [0.15, 0.2) is 0 Å². The summed E-state index contributed by atoms with van der Waals surface area (Å²) in [5.74, 6) is -0.257. The predicted octanol–water partition coefficient (Wildman–Crippen LogP) is 4.86. The van der Waals surface area contributed by atoms with Gasteiger partial charge in [-0.1, -0.05) is 18.5 Å². The van der Waals surface area contributed by atoms with E-state index in [0.29, 0.717) is 10.6 Å². The van der Waals surface area contributed by atoms with E-state index in [1.165, 1.54) is 16.5 Å². The summed E-state index contributed by atoms with van der Waals surface area (Å²) in [4.78, 5) is 1.23. The number of hydrogen-bond acceptors (Lipinski definition) is 2. The maximum Gasteiger partial charge on any atom is 0.127 e. The second-order valence-corrected chi connectivity index (χ2v) is 5.94. The Morgan fingerprint density at radius 3 is 2.63 bits per heavy atom. The van der Waals surface area contributed by atoms with E-state index in [4.69, 9.17) is 11.6 Å². The van der Waals surface area contributed by atoms with Gasteiger partial charge in [-0.2, -0.15) is 0 Å². The van der Waals surface area contributed by atoms with E-state index < -0.39 is 0 Å². The standard InChI is InChI=1S/C15H17ClFNS/c1-4-18-14(15-9(2)5-6-19-15)11-7-10(3)13(17)8-12(11)16/h5-8,14,18H,4H2,1-3H3. The topological polar surface area (TPSA) is 12.0 Å². The minimum Gasteiger partial charge on any atom is -0.306 e. The first-order chi connectivity index (χ1) is 9.04. The van der Waals surface area contributed by atoms with Crippen LogP contribution in [0.1, 0.15) is 34.5 Å². The van der Waals surface area contributed by atoms with E-state index in [0.717, 1.165) is 12.1 Å². The summed E-state index contributed by atoms with van der Waals surface area (Å²) in [6, 6.07) is 5.36. The van der Waals surface area contributed by atoms with Gasteiger partial charge in [-0.05, 0) is 60.7 Å². The van der Waals surface area contributed by atoms with Gasteiger partial charge >= 0.3 is 0 Å². The quantitative estimate of drug-likeness (QED) is 0.850. The first kappa shape index (κ1) is 14.5. The predicted molar refractivity (Wildman–Crippen MR) is 80.7 cm³/mol. The van der Waals surface area contributed by atoms with Crippen molar-refractivity contribution >= 4 is 22.9 Å². The Labute approximate surface area is 122 Å². The summed E-state index contributed by atoms with van der Waals surface area (Å²) in [7, 11) is 0. The van der Waals surface area contributed by atoms with Crippen molar-refractivity contribution in [3.8, 4) is 0 Å². The van der Waals surface area contributed by atoms with Gasteiger partial charge in [0.25, 0.3) is 0 Å². The van der Waals surface area contributed by atoms with Crippen LogP contribution >= 0.6 is 22.9 Å². The molecule has 1 heterocycles. The molecule has 1 N–H and O–H groups in total. The van der Waals surface area contributed by atoms with E-state index in [2.05, 4.69) is 30.6 Å². The van der Waals surface area contributed by atoms with Crippen molar-refractivity contribution in [3.63, 3.8) is 0 Å². The van der Waals surface area contributed by atoms with Gasteiger partial charge in [0, 0.05) is 9.90 Å². The third-order valence-corrected chi connectivity index (χ3v) is 4.57. The molecule has 0 spiro atoms. The van der Waals surface area contributed by atoms with E-state index in [1.54, 1.807) is 18.3 Å². The second kappa shape index (κ2) is 6.04. The molecule has 1 unspecified atom stereocenters. The lowest BCUT2D eigenvalue weighted by Gasteiger charge is -2.20. The van der Waals surface area contributed by atoms with Crippen LogP contribution in [0.2, 0.25) is 5.02 Å². The average Bonchev–Trinajstić information content (AvgIpc) is 2.77. The zero-order chi connectivity index (χ0) is 14.0. The summed E-state index contributed by atoms with van der Waals surface area (Å²) in [5.41, 5.74) is 2.79. The zero-order valence-corrected chi connectivity index (χ0v) is 12.8. The van der Waals surface area contributed by atoms with Crippen molar-refractivity contribution in [2.24, 2.45) is 0 Å². The highest BCUT2D eigenvalue weighted by molar-refractivity contribution is 7.10. The molecule has 0 amide bonds. The van der Waals surface area contributed by atoms with Crippen molar-refractivity contribution in [2.75, 3.05) is 6.54 Å². The lowest BCUT2D eigenvalue weighted by Crippen LogP contribution is -2.22. The average molecular weight is 298 g/mol. The van der Waals surface area contributed by atoms with E-state index >= 15 is 0 Å². The number of thiophene rings is 1. The van der Waals surface area contributed by atoms with Crippen molar-refractivity contribution in [2.45, 2.75) is 26.8 Å². The maximum atomic E-state index is 13.5. The third kappa shape index (κ3) is 2.99. The fourth-order valence-corrected chi connectivity index (χ4v) is 3.41. The van der Waals surface area contributed by atoms with E-state index in [-0.39, 0.29) is 11.9 Å². The molecule has 19 heavy (non-hydrogen) atoms. The first-order valence-electron chi connectivity index (χ1n) is 6.27. The smallest absolute Gasteiger partial charge is 0.127 e. The summed E-state index contributed by atoms with van der Waals surface area (Å²) >= 11 is 7.92. The monoisotopic (exact) mass is 297 g/mol. The number of aryl methyl sites for hydroxylation is 2.